The van der Waals surface area contributed by atoms with E-state index in [0.29, 0.717) is 6.04 Å². The van der Waals surface area contributed by atoms with Crippen molar-refractivity contribution in [2.24, 2.45) is 5.73 Å². The minimum atomic E-state index is 0. The molecule has 2 N–H and O–H groups in total. The lowest BCUT2D eigenvalue weighted by Gasteiger charge is -2.21. The topological polar surface area (TPSA) is 26.0 Å². The van der Waals surface area contributed by atoms with Gasteiger partial charge in [-0.1, -0.05) is 24.3 Å². The molecule has 0 heterocycles. The summed E-state index contributed by atoms with van der Waals surface area (Å²) in [5, 5.41) is 0. The molecule has 1 aromatic rings. The summed E-state index contributed by atoms with van der Waals surface area (Å²) < 4.78 is 0. The Morgan fingerprint density at radius 3 is 2.75 bits per heavy atom. The van der Waals surface area contributed by atoms with E-state index in [9.17, 15) is 0 Å². The van der Waals surface area contributed by atoms with Crippen molar-refractivity contribution in [2.75, 3.05) is 0 Å². The first-order valence-electron chi connectivity index (χ1n) is 4.21. The number of halogens is 1. The molecule has 0 fully saturated rings. The van der Waals surface area contributed by atoms with Gasteiger partial charge in [0, 0.05) is 6.04 Å². The molecule has 0 bridgehead atoms. The predicted molar refractivity (Wildman–Crippen MR) is 46.3 cm³/mol. The fourth-order valence-electron chi connectivity index (χ4n) is 1.79. The van der Waals surface area contributed by atoms with Crippen molar-refractivity contribution in [3.8, 4) is 0 Å². The van der Waals surface area contributed by atoms with Crippen molar-refractivity contribution in [3.05, 3.63) is 35.4 Å². The second kappa shape index (κ2) is 3.92. The second-order valence-electron chi connectivity index (χ2n) is 3.20. The summed E-state index contributed by atoms with van der Waals surface area (Å²) in [6.07, 6.45) is 3.61. The van der Waals surface area contributed by atoms with Crippen LogP contribution in [0.5, 0.6) is 0 Å². The number of fused-ring (bicyclic) bond motifs is 1. The first-order valence-corrected chi connectivity index (χ1v) is 4.21. The highest BCUT2D eigenvalue weighted by Gasteiger charge is 2.14. The highest BCUT2D eigenvalue weighted by Crippen LogP contribution is 2.26. The zero-order chi connectivity index (χ0) is 7.68. The summed E-state index contributed by atoms with van der Waals surface area (Å²) in [5.41, 5.74) is 8.76. The molecule has 0 amide bonds. The van der Waals surface area contributed by atoms with E-state index in [1.165, 1.54) is 24.0 Å². The SMILES string of the molecule is NC1CCCc2ccccc21.[Cl-]. The van der Waals surface area contributed by atoms with Crippen molar-refractivity contribution in [3.63, 3.8) is 0 Å². The number of rotatable bonds is 0. The van der Waals surface area contributed by atoms with Gasteiger partial charge in [-0.05, 0) is 30.4 Å². The Labute approximate surface area is 79.4 Å². The number of nitrogens with two attached hydrogens (primary N) is 1. The molecule has 1 unspecified atom stereocenters. The first kappa shape index (κ1) is 9.56. The van der Waals surface area contributed by atoms with E-state index in [2.05, 4.69) is 24.3 Å². The summed E-state index contributed by atoms with van der Waals surface area (Å²) in [6, 6.07) is 8.80. The normalized spacial score (nSPS) is 20.9. The van der Waals surface area contributed by atoms with Crippen LogP contribution in [0.1, 0.15) is 30.0 Å². The Morgan fingerprint density at radius 1 is 1.25 bits per heavy atom. The van der Waals surface area contributed by atoms with Crippen LogP contribution in [0, 0.1) is 0 Å². The minimum absolute atomic E-state index is 0. The zero-order valence-electron chi connectivity index (χ0n) is 6.96. The minimum Gasteiger partial charge on any atom is -1.00 e. The van der Waals surface area contributed by atoms with Crippen LogP contribution in [0.3, 0.4) is 0 Å². The van der Waals surface area contributed by atoms with E-state index in [1.54, 1.807) is 0 Å². The Morgan fingerprint density at radius 2 is 2.00 bits per heavy atom. The predicted octanol–water partition coefficient (Wildman–Crippen LogP) is -0.973. The zero-order valence-corrected chi connectivity index (χ0v) is 7.72. The van der Waals surface area contributed by atoms with Crippen LogP contribution in [0.4, 0.5) is 0 Å². The Hall–Kier alpha value is -0.530. The number of hydrogen-bond acceptors (Lipinski definition) is 1. The van der Waals surface area contributed by atoms with Gasteiger partial charge in [0.05, 0.1) is 0 Å². The molecule has 1 nitrogen and oxygen atoms in total. The third-order valence-corrected chi connectivity index (χ3v) is 2.42. The number of benzene rings is 1. The van der Waals surface area contributed by atoms with Gasteiger partial charge in [-0.15, -0.1) is 0 Å². The van der Waals surface area contributed by atoms with E-state index < -0.39 is 0 Å². The molecule has 1 atom stereocenters. The third-order valence-electron chi connectivity index (χ3n) is 2.42. The summed E-state index contributed by atoms with van der Waals surface area (Å²) in [5.74, 6) is 0. The van der Waals surface area contributed by atoms with Crippen LogP contribution < -0.4 is 18.1 Å². The van der Waals surface area contributed by atoms with Gasteiger partial charge in [0.15, 0.2) is 0 Å². The van der Waals surface area contributed by atoms with E-state index in [0.717, 1.165) is 6.42 Å². The average molecular weight is 183 g/mol. The van der Waals surface area contributed by atoms with Crippen molar-refractivity contribution >= 4 is 0 Å². The molecule has 0 aliphatic heterocycles. The smallest absolute Gasteiger partial charge is 0.0297 e. The maximum absolute atomic E-state index is 5.95. The van der Waals surface area contributed by atoms with Gasteiger partial charge in [-0.2, -0.15) is 0 Å². The summed E-state index contributed by atoms with van der Waals surface area (Å²) in [7, 11) is 0. The third kappa shape index (κ3) is 1.62. The Balaban J connectivity index is 0.000000720. The van der Waals surface area contributed by atoms with Crippen LogP contribution in [0.15, 0.2) is 24.3 Å². The lowest BCUT2D eigenvalue weighted by molar-refractivity contribution is -0.00000236. The van der Waals surface area contributed by atoms with Gasteiger partial charge in [-0.3, -0.25) is 0 Å². The molecule has 66 valence electrons. The molecule has 2 heteroatoms. The number of hydrogen-bond donors (Lipinski definition) is 1. The van der Waals surface area contributed by atoms with Crippen molar-refractivity contribution in [1.29, 1.82) is 0 Å². The largest absolute Gasteiger partial charge is 1.00 e. The molecule has 0 saturated heterocycles. The summed E-state index contributed by atoms with van der Waals surface area (Å²) in [4.78, 5) is 0. The molecule has 1 aromatic carbocycles. The van der Waals surface area contributed by atoms with Crippen LogP contribution in [-0.2, 0) is 6.42 Å². The first-order chi connectivity index (χ1) is 5.38. The lowest BCUT2D eigenvalue weighted by atomic mass is 9.88. The molecular formula is C10H13ClN-. The average Bonchev–Trinajstić information content (AvgIpc) is 2.06. The molecule has 1 aliphatic rings. The van der Waals surface area contributed by atoms with Crippen LogP contribution in [0.25, 0.3) is 0 Å². The Bertz CT molecular complexity index is 260. The monoisotopic (exact) mass is 182 g/mol. The lowest BCUT2D eigenvalue weighted by Crippen LogP contribution is -3.00. The molecule has 12 heavy (non-hydrogen) atoms. The molecule has 0 saturated carbocycles. The molecule has 0 spiro atoms. The van der Waals surface area contributed by atoms with Crippen molar-refractivity contribution < 1.29 is 12.4 Å². The van der Waals surface area contributed by atoms with Crippen molar-refractivity contribution in [1.82, 2.24) is 0 Å². The van der Waals surface area contributed by atoms with Gasteiger partial charge in [-0.25, -0.2) is 0 Å². The number of aryl methyl sites for hydroxylation is 1. The van der Waals surface area contributed by atoms with Crippen LogP contribution in [0.2, 0.25) is 0 Å². The fourth-order valence-corrected chi connectivity index (χ4v) is 1.79. The highest BCUT2D eigenvalue weighted by atomic mass is 35.5. The summed E-state index contributed by atoms with van der Waals surface area (Å²) in [6.45, 7) is 0. The van der Waals surface area contributed by atoms with E-state index in [4.69, 9.17) is 5.73 Å². The maximum atomic E-state index is 5.95. The van der Waals surface area contributed by atoms with Gasteiger partial charge in [0.2, 0.25) is 0 Å². The standard InChI is InChI=1S/C10H13N.ClH/c11-10-7-3-5-8-4-1-2-6-9(8)10;/h1-2,4,6,10H,3,5,7,11H2;1H/p-1. The molecule has 0 aromatic heterocycles. The molecule has 0 radical (unpaired) electrons. The maximum Gasteiger partial charge on any atom is 0.0297 e. The van der Waals surface area contributed by atoms with E-state index in [1.807, 2.05) is 0 Å². The van der Waals surface area contributed by atoms with Crippen molar-refractivity contribution in [2.45, 2.75) is 25.3 Å². The van der Waals surface area contributed by atoms with E-state index in [-0.39, 0.29) is 12.4 Å². The summed E-state index contributed by atoms with van der Waals surface area (Å²) >= 11 is 0. The van der Waals surface area contributed by atoms with Gasteiger partial charge < -0.3 is 18.1 Å². The molecule has 1 aliphatic carbocycles. The van der Waals surface area contributed by atoms with Gasteiger partial charge in [0.1, 0.15) is 0 Å². The quantitative estimate of drug-likeness (QED) is 0.549. The van der Waals surface area contributed by atoms with Crippen LogP contribution in [-0.4, -0.2) is 0 Å². The fraction of sp³-hybridized carbons (Fsp3) is 0.400. The molecular weight excluding hydrogens is 170 g/mol. The molecule has 2 rings (SSSR count). The van der Waals surface area contributed by atoms with Gasteiger partial charge >= 0.3 is 0 Å². The van der Waals surface area contributed by atoms with Gasteiger partial charge in [0.25, 0.3) is 0 Å². The van der Waals surface area contributed by atoms with Crippen LogP contribution >= 0.6 is 0 Å². The highest BCUT2D eigenvalue weighted by molar-refractivity contribution is 5.31. The second-order valence-corrected chi connectivity index (χ2v) is 3.20. The van der Waals surface area contributed by atoms with E-state index >= 15 is 0 Å². The Kier molecular flexibility index (Phi) is 3.12.